The summed E-state index contributed by atoms with van der Waals surface area (Å²) in [6.07, 6.45) is 1.97. The highest BCUT2D eigenvalue weighted by Gasteiger charge is 2.14. The van der Waals surface area contributed by atoms with Crippen molar-refractivity contribution >= 4 is 22.5 Å². The van der Waals surface area contributed by atoms with Gasteiger partial charge < -0.3 is 4.52 Å². The van der Waals surface area contributed by atoms with E-state index in [9.17, 15) is 4.79 Å². The molecule has 6 nitrogen and oxygen atoms in total. The highest BCUT2D eigenvalue weighted by atomic mass is 32.2. The summed E-state index contributed by atoms with van der Waals surface area (Å²) in [7, 11) is 0. The fourth-order valence-electron chi connectivity index (χ4n) is 2.82. The van der Waals surface area contributed by atoms with Crippen molar-refractivity contribution in [1.82, 2.24) is 19.9 Å². The molecule has 0 amide bonds. The van der Waals surface area contributed by atoms with Gasteiger partial charge in [0.1, 0.15) is 6.54 Å². The topological polar surface area (TPSA) is 73.8 Å². The Morgan fingerprint density at radius 2 is 1.77 bits per heavy atom. The molecular formula is C19H16N4O2S. The summed E-state index contributed by atoms with van der Waals surface area (Å²) in [5.74, 6) is 1.65. The number of benzene rings is 2. The monoisotopic (exact) mass is 364 g/mol. The van der Waals surface area contributed by atoms with Gasteiger partial charge in [-0.25, -0.2) is 4.68 Å². The van der Waals surface area contributed by atoms with Crippen molar-refractivity contribution in [3.05, 3.63) is 76.7 Å². The Hall–Kier alpha value is -2.93. The summed E-state index contributed by atoms with van der Waals surface area (Å²) in [6.45, 7) is 0.144. The van der Waals surface area contributed by atoms with Gasteiger partial charge in [0.15, 0.2) is 5.82 Å². The van der Waals surface area contributed by atoms with Gasteiger partial charge in [-0.15, -0.1) is 0 Å². The molecule has 7 heteroatoms. The smallest absolute Gasteiger partial charge is 0.275 e. The van der Waals surface area contributed by atoms with Crippen molar-refractivity contribution in [1.29, 1.82) is 0 Å². The van der Waals surface area contributed by atoms with E-state index in [2.05, 4.69) is 15.2 Å². The first kappa shape index (κ1) is 16.5. The Bertz CT molecular complexity index is 1110. The van der Waals surface area contributed by atoms with Crippen molar-refractivity contribution in [3.63, 3.8) is 0 Å². The Morgan fingerprint density at radius 1 is 1.04 bits per heavy atom. The van der Waals surface area contributed by atoms with Gasteiger partial charge in [-0.05, 0) is 12.3 Å². The van der Waals surface area contributed by atoms with E-state index in [-0.39, 0.29) is 12.1 Å². The summed E-state index contributed by atoms with van der Waals surface area (Å²) >= 11 is 1.61. The maximum Gasteiger partial charge on any atom is 0.275 e. The number of hydrogen-bond acceptors (Lipinski definition) is 6. The molecule has 0 bridgehead atoms. The predicted molar refractivity (Wildman–Crippen MR) is 102 cm³/mol. The molecule has 0 saturated carbocycles. The van der Waals surface area contributed by atoms with Crippen molar-refractivity contribution < 1.29 is 4.52 Å². The third-order valence-electron chi connectivity index (χ3n) is 3.98. The van der Waals surface area contributed by atoms with Crippen LogP contribution >= 0.6 is 11.8 Å². The fraction of sp³-hybridized carbons (Fsp3) is 0.158. The second-order valence-corrected chi connectivity index (χ2v) is 6.63. The zero-order valence-corrected chi connectivity index (χ0v) is 14.9. The number of aromatic nitrogens is 4. The first-order chi connectivity index (χ1) is 12.8. The molecule has 2 aromatic carbocycles. The van der Waals surface area contributed by atoms with Gasteiger partial charge in [0.25, 0.3) is 5.56 Å². The number of thioether (sulfide) groups is 1. The van der Waals surface area contributed by atoms with Crippen LogP contribution in [0.4, 0.5) is 0 Å². The molecule has 0 saturated heterocycles. The summed E-state index contributed by atoms with van der Waals surface area (Å²) in [5, 5.41) is 9.96. The molecule has 0 aliphatic carbocycles. The Labute approximate surface area is 153 Å². The minimum atomic E-state index is -0.176. The van der Waals surface area contributed by atoms with E-state index in [1.54, 1.807) is 11.8 Å². The fourth-order valence-corrected chi connectivity index (χ4v) is 3.20. The lowest BCUT2D eigenvalue weighted by molar-refractivity contribution is 0.360. The average molecular weight is 364 g/mol. The van der Waals surface area contributed by atoms with Crippen molar-refractivity contribution in [2.45, 2.75) is 12.3 Å². The lowest BCUT2D eigenvalue weighted by atomic mass is 10.1. The van der Waals surface area contributed by atoms with Crippen LogP contribution < -0.4 is 5.56 Å². The molecule has 0 N–H and O–H groups in total. The highest BCUT2D eigenvalue weighted by Crippen LogP contribution is 2.24. The molecule has 0 spiro atoms. The van der Waals surface area contributed by atoms with Crippen LogP contribution in [0.3, 0.4) is 0 Å². The molecule has 0 aliphatic heterocycles. The van der Waals surface area contributed by atoms with Gasteiger partial charge in [-0.3, -0.25) is 4.79 Å². The van der Waals surface area contributed by atoms with Gasteiger partial charge in [0.05, 0.1) is 16.8 Å². The number of hydrogen-bond donors (Lipinski definition) is 0. The van der Waals surface area contributed by atoms with Crippen LogP contribution in [0.25, 0.3) is 22.0 Å². The summed E-state index contributed by atoms with van der Waals surface area (Å²) in [5.41, 5.74) is 1.53. The van der Waals surface area contributed by atoms with Crippen LogP contribution in [0.2, 0.25) is 0 Å². The summed E-state index contributed by atoms with van der Waals surface area (Å²) in [6, 6.07) is 17.3. The van der Waals surface area contributed by atoms with Crippen molar-refractivity contribution in [3.8, 4) is 11.3 Å². The van der Waals surface area contributed by atoms with E-state index in [0.717, 1.165) is 16.6 Å². The van der Waals surface area contributed by atoms with Gasteiger partial charge in [-0.2, -0.15) is 21.8 Å². The van der Waals surface area contributed by atoms with Gasteiger partial charge in [0, 0.05) is 10.9 Å². The first-order valence-electron chi connectivity index (χ1n) is 8.12. The minimum Gasteiger partial charge on any atom is -0.337 e. The van der Waals surface area contributed by atoms with Crippen molar-refractivity contribution in [2.75, 3.05) is 6.26 Å². The molecule has 4 rings (SSSR count). The normalized spacial score (nSPS) is 11.1. The van der Waals surface area contributed by atoms with Gasteiger partial charge in [-0.1, -0.05) is 53.7 Å². The van der Waals surface area contributed by atoms with Crippen LogP contribution in [0.5, 0.6) is 0 Å². The maximum atomic E-state index is 12.9. The van der Waals surface area contributed by atoms with E-state index >= 15 is 0 Å². The maximum absolute atomic E-state index is 12.9. The SMILES string of the molecule is CSCc1noc(Cn2nc(-c3ccccc3)c3ccccc3c2=O)n1. The van der Waals surface area contributed by atoms with E-state index in [0.29, 0.717) is 22.9 Å². The third-order valence-corrected chi connectivity index (χ3v) is 4.53. The average Bonchev–Trinajstić information content (AvgIpc) is 3.12. The molecule has 0 radical (unpaired) electrons. The molecule has 0 aliphatic rings. The van der Waals surface area contributed by atoms with Gasteiger partial charge in [0.2, 0.25) is 5.89 Å². The van der Waals surface area contributed by atoms with E-state index in [1.165, 1.54) is 4.68 Å². The standard InChI is InChI=1S/C19H16N4O2S/c1-26-12-16-20-17(25-22-16)11-23-19(24)15-10-6-5-9-14(15)18(21-23)13-7-3-2-4-8-13/h2-10H,11-12H2,1H3. The Balaban J connectivity index is 1.84. The van der Waals surface area contributed by atoms with Crippen LogP contribution in [0.15, 0.2) is 63.9 Å². The molecule has 26 heavy (non-hydrogen) atoms. The predicted octanol–water partition coefficient (Wildman–Crippen LogP) is 3.36. The van der Waals surface area contributed by atoms with Crippen LogP contribution in [0, 0.1) is 0 Å². The largest absolute Gasteiger partial charge is 0.337 e. The zero-order chi connectivity index (χ0) is 17.9. The molecule has 0 atom stereocenters. The van der Waals surface area contributed by atoms with Crippen LogP contribution in [-0.4, -0.2) is 26.2 Å². The summed E-state index contributed by atoms with van der Waals surface area (Å²) in [4.78, 5) is 17.2. The molecule has 2 heterocycles. The molecule has 0 unspecified atom stereocenters. The number of nitrogens with zero attached hydrogens (tertiary/aromatic N) is 4. The highest BCUT2D eigenvalue weighted by molar-refractivity contribution is 7.97. The van der Waals surface area contributed by atoms with Gasteiger partial charge >= 0.3 is 0 Å². The Morgan fingerprint density at radius 3 is 2.54 bits per heavy atom. The molecule has 4 aromatic rings. The van der Waals surface area contributed by atoms with E-state index in [4.69, 9.17) is 4.52 Å². The lowest BCUT2D eigenvalue weighted by Crippen LogP contribution is -2.24. The van der Waals surface area contributed by atoms with Crippen LogP contribution in [-0.2, 0) is 12.3 Å². The number of rotatable bonds is 5. The number of fused-ring (bicyclic) bond motifs is 1. The quantitative estimate of drug-likeness (QED) is 0.541. The first-order valence-corrected chi connectivity index (χ1v) is 9.51. The molecule has 0 fully saturated rings. The zero-order valence-electron chi connectivity index (χ0n) is 14.1. The molecular weight excluding hydrogens is 348 g/mol. The second kappa shape index (κ2) is 7.13. The van der Waals surface area contributed by atoms with E-state index in [1.807, 2.05) is 60.9 Å². The molecule has 2 aromatic heterocycles. The lowest BCUT2D eigenvalue weighted by Gasteiger charge is -2.09. The van der Waals surface area contributed by atoms with Crippen molar-refractivity contribution in [2.24, 2.45) is 0 Å². The third kappa shape index (κ3) is 3.13. The van der Waals surface area contributed by atoms with E-state index < -0.39 is 0 Å². The Kier molecular flexibility index (Phi) is 4.53. The molecule has 130 valence electrons. The second-order valence-electron chi connectivity index (χ2n) is 5.76. The van der Waals surface area contributed by atoms with Crippen LogP contribution in [0.1, 0.15) is 11.7 Å². The summed E-state index contributed by atoms with van der Waals surface area (Å²) < 4.78 is 6.65. The minimum absolute atomic E-state index is 0.144.